The van der Waals surface area contributed by atoms with Crippen molar-refractivity contribution in [2.45, 2.75) is 38.3 Å². The lowest BCUT2D eigenvalue weighted by molar-refractivity contribution is -0.432. The van der Waals surface area contributed by atoms with E-state index in [1.54, 1.807) is 0 Å². The molecule has 0 atom stereocenters. The van der Waals surface area contributed by atoms with Crippen molar-refractivity contribution < 1.29 is 70.9 Å². The Bertz CT molecular complexity index is 1710. The van der Waals surface area contributed by atoms with Gasteiger partial charge in [0.1, 0.15) is 57.6 Å². The molecule has 0 radical (unpaired) electrons. The summed E-state index contributed by atoms with van der Waals surface area (Å²) in [5, 5.41) is 0. The zero-order chi connectivity index (χ0) is 34.4. The zero-order valence-corrected chi connectivity index (χ0v) is 22.7. The molecule has 46 heavy (non-hydrogen) atoms. The van der Waals surface area contributed by atoms with Crippen LogP contribution in [0.2, 0.25) is 0 Å². The normalized spacial score (nSPS) is 12.5. The number of benzene rings is 4. The van der Waals surface area contributed by atoms with Gasteiger partial charge in [-0.05, 0) is 53.4 Å². The fourth-order valence-corrected chi connectivity index (χ4v) is 4.52. The molecule has 4 aromatic carbocycles. The third-order valence-electron chi connectivity index (χ3n) is 6.34. The van der Waals surface area contributed by atoms with Gasteiger partial charge in [-0.2, -0.15) is 17.6 Å². The third-order valence-corrected chi connectivity index (χ3v) is 6.34. The third kappa shape index (κ3) is 7.21. The highest BCUT2D eigenvalue weighted by Crippen LogP contribution is 2.43. The molecule has 0 fully saturated rings. The molecule has 0 aromatic heterocycles. The predicted octanol–water partition coefficient (Wildman–Crippen LogP) is 10.7. The lowest BCUT2D eigenvalue weighted by Gasteiger charge is -2.22. The van der Waals surface area contributed by atoms with E-state index in [1.807, 2.05) is 6.92 Å². The summed E-state index contributed by atoms with van der Waals surface area (Å²) in [5.74, 6) is -15.0. The Morgan fingerprint density at radius 1 is 0.543 bits per heavy atom. The van der Waals surface area contributed by atoms with Gasteiger partial charge in [-0.25, -0.2) is 35.5 Å². The second-order valence-electron chi connectivity index (χ2n) is 9.64. The summed E-state index contributed by atoms with van der Waals surface area (Å²) in [7, 11) is 0. The summed E-state index contributed by atoms with van der Waals surface area (Å²) in [6, 6.07) is 4.44. The Labute approximate surface area is 249 Å². The minimum atomic E-state index is -6.09. The van der Waals surface area contributed by atoms with Gasteiger partial charge in [0.2, 0.25) is 0 Å². The van der Waals surface area contributed by atoms with Crippen LogP contribution in [0.25, 0.3) is 22.3 Å². The van der Waals surface area contributed by atoms with E-state index in [0.29, 0.717) is 30.5 Å². The first kappa shape index (κ1) is 34.5. The van der Waals surface area contributed by atoms with Crippen LogP contribution in [0.5, 0.6) is 5.75 Å². The lowest BCUT2D eigenvalue weighted by atomic mass is 9.96. The molecule has 0 saturated heterocycles. The fraction of sp³-hybridized carbons (Fsp3) is 0.200. The summed E-state index contributed by atoms with van der Waals surface area (Å²) in [6.07, 6.45) is -15.7. The second kappa shape index (κ2) is 12.5. The first-order chi connectivity index (χ1) is 21.2. The topological polar surface area (TPSA) is 18.5 Å². The molecule has 0 N–H and O–H groups in total. The van der Waals surface area contributed by atoms with Gasteiger partial charge >= 0.3 is 18.6 Å². The van der Waals surface area contributed by atoms with Gasteiger partial charge in [0.25, 0.3) is 0 Å². The molecule has 0 bridgehead atoms. The molecule has 4 aromatic rings. The molecular formula is C30H16F14O2. The molecule has 0 amide bonds. The van der Waals surface area contributed by atoms with Crippen LogP contribution in [0.3, 0.4) is 0 Å². The molecule has 2 nitrogen and oxygen atoms in total. The Hall–Kier alpha value is -4.34. The quantitative estimate of drug-likeness (QED) is 0.165. The van der Waals surface area contributed by atoms with Gasteiger partial charge in [0.15, 0.2) is 0 Å². The molecular weight excluding hydrogens is 658 g/mol. The summed E-state index contributed by atoms with van der Waals surface area (Å²) >= 11 is 0. The van der Waals surface area contributed by atoms with Crippen LogP contribution < -0.4 is 4.74 Å². The van der Waals surface area contributed by atoms with E-state index in [0.717, 1.165) is 6.07 Å². The number of ether oxygens (including phenoxy) is 2. The average Bonchev–Trinajstić information content (AvgIpc) is 2.85. The van der Waals surface area contributed by atoms with E-state index in [9.17, 15) is 52.7 Å². The maximum atomic E-state index is 15.0. The van der Waals surface area contributed by atoms with Crippen LogP contribution in [-0.2, 0) is 23.4 Å². The van der Waals surface area contributed by atoms with Crippen molar-refractivity contribution in [2.75, 3.05) is 0 Å². The molecule has 0 aliphatic carbocycles. The molecule has 0 aliphatic rings. The van der Waals surface area contributed by atoms with E-state index in [4.69, 9.17) is 0 Å². The van der Waals surface area contributed by atoms with Gasteiger partial charge in [-0.15, -0.1) is 13.2 Å². The van der Waals surface area contributed by atoms with Gasteiger partial charge in [0.05, 0.1) is 5.56 Å². The molecule has 0 heterocycles. The van der Waals surface area contributed by atoms with Crippen LogP contribution in [0.15, 0.2) is 54.6 Å². The SMILES string of the molecule is CCCc1ccc(-c2cc(F)c(-c3cc(F)c(C(F)(F)Oc4cc(F)c(C(F)(F)OC(F)(F)F)c(F)c4)c(F)c3)c(F)c2)c(F)c1. The number of alkyl halides is 7. The summed E-state index contributed by atoms with van der Waals surface area (Å²) in [6.45, 7) is 1.85. The van der Waals surface area contributed by atoms with Crippen molar-refractivity contribution in [1.82, 2.24) is 0 Å². The monoisotopic (exact) mass is 674 g/mol. The largest absolute Gasteiger partial charge is 0.527 e. The minimum absolute atomic E-state index is 0.0519. The molecule has 4 rings (SSSR count). The number of hydrogen-bond acceptors (Lipinski definition) is 2. The molecule has 0 unspecified atom stereocenters. The first-order valence-corrected chi connectivity index (χ1v) is 12.7. The predicted molar refractivity (Wildman–Crippen MR) is 133 cm³/mol. The minimum Gasteiger partial charge on any atom is -0.429 e. The Balaban J connectivity index is 1.66. The number of aryl methyl sites for hydroxylation is 1. The zero-order valence-electron chi connectivity index (χ0n) is 22.7. The molecule has 0 saturated carbocycles. The summed E-state index contributed by atoms with van der Waals surface area (Å²) < 4.78 is 202. The van der Waals surface area contributed by atoms with Crippen molar-refractivity contribution in [1.29, 1.82) is 0 Å². The van der Waals surface area contributed by atoms with Gasteiger partial charge in [-0.1, -0.05) is 25.5 Å². The maximum absolute atomic E-state index is 15.0. The second-order valence-corrected chi connectivity index (χ2v) is 9.64. The van der Waals surface area contributed by atoms with E-state index < -0.39 is 99.4 Å². The highest BCUT2D eigenvalue weighted by Gasteiger charge is 2.50. The Kier molecular flexibility index (Phi) is 9.35. The highest BCUT2D eigenvalue weighted by molar-refractivity contribution is 5.72. The smallest absolute Gasteiger partial charge is 0.429 e. The summed E-state index contributed by atoms with van der Waals surface area (Å²) in [5.41, 5.74) is -6.88. The molecule has 16 heteroatoms. The van der Waals surface area contributed by atoms with Crippen molar-refractivity contribution in [2.24, 2.45) is 0 Å². The molecule has 0 aliphatic heterocycles. The van der Waals surface area contributed by atoms with E-state index in [2.05, 4.69) is 9.47 Å². The van der Waals surface area contributed by atoms with Crippen LogP contribution in [0.4, 0.5) is 61.5 Å². The van der Waals surface area contributed by atoms with Gasteiger partial charge in [-0.3, -0.25) is 0 Å². The van der Waals surface area contributed by atoms with E-state index >= 15 is 8.78 Å². The van der Waals surface area contributed by atoms with Crippen LogP contribution >= 0.6 is 0 Å². The average molecular weight is 674 g/mol. The summed E-state index contributed by atoms with van der Waals surface area (Å²) in [4.78, 5) is 0. The maximum Gasteiger partial charge on any atom is 0.527 e. The number of hydrogen-bond donors (Lipinski definition) is 0. The van der Waals surface area contributed by atoms with Crippen LogP contribution in [-0.4, -0.2) is 6.36 Å². The van der Waals surface area contributed by atoms with E-state index in [-0.39, 0.29) is 23.3 Å². The van der Waals surface area contributed by atoms with Crippen LogP contribution in [0.1, 0.15) is 30.0 Å². The van der Waals surface area contributed by atoms with Crippen molar-refractivity contribution in [3.63, 3.8) is 0 Å². The Morgan fingerprint density at radius 3 is 1.50 bits per heavy atom. The van der Waals surface area contributed by atoms with E-state index in [1.165, 1.54) is 12.1 Å². The number of halogens is 14. The standard InChI is InChI=1S/C30H16F14O2/c1-2-3-13-4-5-17(18(31)6-13)14-7-19(32)25(20(33)8-14)15-9-21(34)26(22(35)10-15)28(38,39)45-16-11-23(36)27(24(37)12-16)29(40,41)46-30(42,43)44/h4-12H,2-3H2,1H3. The fourth-order valence-electron chi connectivity index (χ4n) is 4.52. The molecule has 0 spiro atoms. The van der Waals surface area contributed by atoms with Crippen molar-refractivity contribution in [3.05, 3.63) is 112 Å². The number of rotatable bonds is 9. The van der Waals surface area contributed by atoms with Gasteiger partial charge < -0.3 is 4.74 Å². The Morgan fingerprint density at radius 2 is 1.02 bits per heavy atom. The van der Waals surface area contributed by atoms with Crippen LogP contribution in [0, 0.1) is 40.7 Å². The van der Waals surface area contributed by atoms with Crippen molar-refractivity contribution >= 4 is 0 Å². The van der Waals surface area contributed by atoms with Crippen molar-refractivity contribution in [3.8, 4) is 28.0 Å². The molecule has 246 valence electrons. The van der Waals surface area contributed by atoms with Gasteiger partial charge in [0, 0.05) is 17.7 Å². The first-order valence-electron chi connectivity index (χ1n) is 12.7. The lowest BCUT2D eigenvalue weighted by Crippen LogP contribution is -2.30. The highest BCUT2D eigenvalue weighted by atomic mass is 19.4.